The molecule has 1 heterocycles. The number of thiophene rings is 1. The summed E-state index contributed by atoms with van der Waals surface area (Å²) in [5.74, 6) is 0. The van der Waals surface area contributed by atoms with Crippen molar-refractivity contribution in [2.45, 2.75) is 57.5 Å². The molecule has 0 saturated heterocycles. The van der Waals surface area contributed by atoms with Crippen molar-refractivity contribution >= 4 is 21.4 Å². The molecule has 0 amide bonds. The minimum atomic E-state index is -3.49. The SMILES string of the molecule is CCCC(C)(C)NS(=O)(=O)c1c(C)csc1CN. The van der Waals surface area contributed by atoms with Crippen LogP contribution in [0.2, 0.25) is 0 Å². The number of nitrogens with two attached hydrogens (primary N) is 1. The summed E-state index contributed by atoms with van der Waals surface area (Å²) in [6.07, 6.45) is 1.73. The van der Waals surface area contributed by atoms with Gasteiger partial charge in [-0.05, 0) is 38.1 Å². The lowest BCUT2D eigenvalue weighted by molar-refractivity contribution is 0.417. The summed E-state index contributed by atoms with van der Waals surface area (Å²) in [6, 6.07) is 0. The second kappa shape index (κ2) is 5.69. The van der Waals surface area contributed by atoms with Crippen LogP contribution in [0.5, 0.6) is 0 Å². The minimum absolute atomic E-state index is 0.253. The fourth-order valence-electron chi connectivity index (χ4n) is 2.08. The summed E-state index contributed by atoms with van der Waals surface area (Å²) < 4.78 is 27.6. The molecule has 0 atom stereocenters. The monoisotopic (exact) mass is 290 g/mol. The van der Waals surface area contributed by atoms with E-state index in [2.05, 4.69) is 4.72 Å². The number of rotatable bonds is 6. The van der Waals surface area contributed by atoms with Gasteiger partial charge in [-0.25, -0.2) is 13.1 Å². The second-order valence-electron chi connectivity index (χ2n) is 5.11. The normalized spacial score (nSPS) is 12.9. The van der Waals surface area contributed by atoms with E-state index in [9.17, 15) is 8.42 Å². The Morgan fingerprint density at radius 3 is 2.56 bits per heavy atom. The van der Waals surface area contributed by atoms with Gasteiger partial charge in [0.05, 0.1) is 0 Å². The average molecular weight is 290 g/mol. The molecule has 4 nitrogen and oxygen atoms in total. The maximum absolute atomic E-state index is 12.4. The molecule has 1 aromatic rings. The Hall–Kier alpha value is -0.430. The van der Waals surface area contributed by atoms with Gasteiger partial charge in [0.1, 0.15) is 4.90 Å². The van der Waals surface area contributed by atoms with Crippen LogP contribution >= 0.6 is 11.3 Å². The smallest absolute Gasteiger partial charge is 0.242 e. The molecule has 0 bridgehead atoms. The molecule has 0 aliphatic heterocycles. The zero-order chi connectivity index (χ0) is 14.0. The van der Waals surface area contributed by atoms with E-state index in [0.29, 0.717) is 9.77 Å². The highest BCUT2D eigenvalue weighted by atomic mass is 32.2. The molecule has 0 aliphatic rings. The van der Waals surface area contributed by atoms with E-state index in [1.165, 1.54) is 11.3 Å². The van der Waals surface area contributed by atoms with Crippen LogP contribution < -0.4 is 10.5 Å². The van der Waals surface area contributed by atoms with E-state index < -0.39 is 15.6 Å². The summed E-state index contributed by atoms with van der Waals surface area (Å²) in [5.41, 5.74) is 5.93. The fraction of sp³-hybridized carbons (Fsp3) is 0.667. The predicted molar refractivity (Wildman–Crippen MR) is 76.3 cm³/mol. The number of hydrogen-bond acceptors (Lipinski definition) is 4. The van der Waals surface area contributed by atoms with Gasteiger partial charge in [0.15, 0.2) is 0 Å². The van der Waals surface area contributed by atoms with Gasteiger partial charge in [0.25, 0.3) is 0 Å². The molecule has 18 heavy (non-hydrogen) atoms. The molecule has 1 aromatic heterocycles. The van der Waals surface area contributed by atoms with Gasteiger partial charge in [-0.3, -0.25) is 0 Å². The predicted octanol–water partition coefficient (Wildman–Crippen LogP) is 2.37. The first kappa shape index (κ1) is 15.6. The molecule has 0 radical (unpaired) electrons. The van der Waals surface area contributed by atoms with Crippen molar-refractivity contribution in [1.82, 2.24) is 4.72 Å². The highest BCUT2D eigenvalue weighted by Gasteiger charge is 2.29. The van der Waals surface area contributed by atoms with E-state index in [-0.39, 0.29) is 6.54 Å². The van der Waals surface area contributed by atoms with Crippen molar-refractivity contribution in [3.63, 3.8) is 0 Å². The van der Waals surface area contributed by atoms with Crippen LogP contribution in [0.4, 0.5) is 0 Å². The van der Waals surface area contributed by atoms with E-state index in [1.807, 2.05) is 26.2 Å². The Balaban J connectivity index is 3.11. The van der Waals surface area contributed by atoms with Crippen molar-refractivity contribution in [2.24, 2.45) is 5.73 Å². The van der Waals surface area contributed by atoms with Crippen molar-refractivity contribution < 1.29 is 8.42 Å². The first-order valence-corrected chi connectivity index (χ1v) is 8.41. The number of sulfonamides is 1. The number of aryl methyl sites for hydroxylation is 1. The molecular weight excluding hydrogens is 268 g/mol. The fourth-order valence-corrected chi connectivity index (χ4v) is 5.23. The Morgan fingerprint density at radius 1 is 1.44 bits per heavy atom. The van der Waals surface area contributed by atoms with Crippen molar-refractivity contribution in [1.29, 1.82) is 0 Å². The average Bonchev–Trinajstić information content (AvgIpc) is 2.58. The van der Waals surface area contributed by atoms with Gasteiger partial charge in [-0.2, -0.15) is 0 Å². The van der Waals surface area contributed by atoms with Crippen LogP contribution in [-0.2, 0) is 16.6 Å². The Kier molecular flexibility index (Phi) is 4.94. The van der Waals surface area contributed by atoms with Crippen LogP contribution in [0.1, 0.15) is 44.1 Å². The minimum Gasteiger partial charge on any atom is -0.326 e. The Labute approximate surface area is 114 Å². The maximum atomic E-state index is 12.4. The van der Waals surface area contributed by atoms with Gasteiger partial charge in [0, 0.05) is 17.0 Å². The van der Waals surface area contributed by atoms with Crippen molar-refractivity contribution in [2.75, 3.05) is 0 Å². The third kappa shape index (κ3) is 3.54. The molecule has 3 N–H and O–H groups in total. The van der Waals surface area contributed by atoms with Gasteiger partial charge >= 0.3 is 0 Å². The van der Waals surface area contributed by atoms with Crippen molar-refractivity contribution in [3.05, 3.63) is 15.8 Å². The molecule has 0 unspecified atom stereocenters. The van der Waals surface area contributed by atoms with Gasteiger partial charge < -0.3 is 5.73 Å². The first-order chi connectivity index (χ1) is 8.23. The van der Waals surface area contributed by atoms with Crippen LogP contribution in [0.15, 0.2) is 10.3 Å². The molecule has 1 rings (SSSR count). The molecule has 0 saturated carbocycles. The zero-order valence-electron chi connectivity index (χ0n) is 11.4. The van der Waals surface area contributed by atoms with Crippen LogP contribution in [0.25, 0.3) is 0 Å². The maximum Gasteiger partial charge on any atom is 0.242 e. The molecule has 0 spiro atoms. The Morgan fingerprint density at radius 2 is 2.06 bits per heavy atom. The van der Waals surface area contributed by atoms with E-state index in [1.54, 1.807) is 6.92 Å². The summed E-state index contributed by atoms with van der Waals surface area (Å²) in [4.78, 5) is 1.08. The zero-order valence-corrected chi connectivity index (χ0v) is 13.0. The van der Waals surface area contributed by atoms with Crippen LogP contribution in [0, 0.1) is 6.92 Å². The van der Waals surface area contributed by atoms with Crippen LogP contribution in [-0.4, -0.2) is 14.0 Å². The van der Waals surface area contributed by atoms with Gasteiger partial charge in [-0.1, -0.05) is 13.3 Å². The summed E-state index contributed by atoms with van der Waals surface area (Å²) in [6.45, 7) is 7.90. The third-order valence-corrected chi connectivity index (χ3v) is 5.91. The highest BCUT2D eigenvalue weighted by molar-refractivity contribution is 7.89. The first-order valence-electron chi connectivity index (χ1n) is 6.04. The topological polar surface area (TPSA) is 72.2 Å². The molecule has 6 heteroatoms. The third-order valence-electron chi connectivity index (χ3n) is 2.73. The molecular formula is C12H22N2O2S2. The lowest BCUT2D eigenvalue weighted by Gasteiger charge is -2.25. The Bertz CT molecular complexity index is 504. The molecule has 0 fully saturated rings. The highest BCUT2D eigenvalue weighted by Crippen LogP contribution is 2.28. The van der Waals surface area contributed by atoms with E-state index in [0.717, 1.165) is 18.4 Å². The largest absolute Gasteiger partial charge is 0.326 e. The number of hydrogen-bond donors (Lipinski definition) is 2. The summed E-state index contributed by atoms with van der Waals surface area (Å²) in [7, 11) is -3.49. The van der Waals surface area contributed by atoms with Gasteiger partial charge in [0.2, 0.25) is 10.0 Å². The lowest BCUT2D eigenvalue weighted by Crippen LogP contribution is -2.43. The summed E-state index contributed by atoms with van der Waals surface area (Å²) >= 11 is 1.40. The quantitative estimate of drug-likeness (QED) is 0.845. The van der Waals surface area contributed by atoms with E-state index in [4.69, 9.17) is 5.73 Å². The van der Waals surface area contributed by atoms with Crippen molar-refractivity contribution in [3.8, 4) is 0 Å². The second-order valence-corrected chi connectivity index (χ2v) is 7.70. The van der Waals surface area contributed by atoms with Crippen LogP contribution in [0.3, 0.4) is 0 Å². The molecule has 0 aromatic carbocycles. The van der Waals surface area contributed by atoms with Gasteiger partial charge in [-0.15, -0.1) is 11.3 Å². The molecule has 104 valence electrons. The molecule has 0 aliphatic carbocycles. The number of nitrogens with one attached hydrogen (secondary N) is 1. The standard InChI is InChI=1S/C12H22N2O2S2/c1-5-6-12(3,4)14-18(15,16)11-9(2)8-17-10(11)7-13/h8,14H,5-7,13H2,1-4H3. The lowest BCUT2D eigenvalue weighted by atomic mass is 10.0. The summed E-state index contributed by atoms with van der Waals surface area (Å²) in [5, 5.41) is 1.84. The van der Waals surface area contributed by atoms with E-state index >= 15 is 0 Å².